The first kappa shape index (κ1) is 24.8. The average Bonchev–Trinajstić information content (AvgIpc) is 2.92. The lowest BCUT2D eigenvalue weighted by Gasteiger charge is -2.21. The summed E-state index contributed by atoms with van der Waals surface area (Å²) in [4.78, 5) is 26.6. The standard InChI is InChI=1S/C34H30O2/c1-3-4-15-28(21-20-26-13-7-5-8-14-26)33(27-16-9-6-10-17-27)32(24-35)34(36)31-23-30-19-12-11-18-29(30)22-25(31)2/h3-16,18-24,27H,17H2,1-2H3/b4-3+,21-20-,28-15+,33-32+. The number of rotatable bonds is 8. The Kier molecular flexibility index (Phi) is 8.20. The van der Waals surface area contributed by atoms with Gasteiger partial charge in [0.2, 0.25) is 0 Å². The number of carbonyl (C=O) groups excluding carboxylic acids is 2. The summed E-state index contributed by atoms with van der Waals surface area (Å²) >= 11 is 0. The molecular formula is C34H30O2. The van der Waals surface area contributed by atoms with E-state index in [0.717, 1.165) is 45.8 Å². The number of carbonyl (C=O) groups is 2. The quantitative estimate of drug-likeness (QED) is 0.0831. The van der Waals surface area contributed by atoms with Crippen molar-refractivity contribution in [2.45, 2.75) is 20.3 Å². The molecule has 178 valence electrons. The number of hydrogen-bond acceptors (Lipinski definition) is 2. The van der Waals surface area contributed by atoms with Crippen molar-refractivity contribution in [2.24, 2.45) is 5.92 Å². The minimum absolute atomic E-state index is 0.0863. The SMILES string of the molecule is C/C=C/C=C(\C=C/c1ccccc1)C(=C(\C=O)C(=O)c1cc2ccccc2cc1C)/C1C=CC=CC1. The van der Waals surface area contributed by atoms with Gasteiger partial charge in [-0.05, 0) is 59.4 Å². The van der Waals surface area contributed by atoms with E-state index in [0.29, 0.717) is 5.56 Å². The molecule has 0 amide bonds. The molecule has 0 saturated carbocycles. The van der Waals surface area contributed by atoms with Crippen molar-refractivity contribution in [3.8, 4) is 0 Å². The predicted octanol–water partition coefficient (Wildman–Crippen LogP) is 8.17. The maximum Gasteiger partial charge on any atom is 0.196 e. The Labute approximate surface area is 213 Å². The molecule has 1 aliphatic rings. The van der Waals surface area contributed by atoms with E-state index in [4.69, 9.17) is 0 Å². The lowest BCUT2D eigenvalue weighted by molar-refractivity contribution is -0.104. The van der Waals surface area contributed by atoms with Crippen molar-refractivity contribution >= 4 is 28.9 Å². The maximum absolute atomic E-state index is 14.0. The lowest BCUT2D eigenvalue weighted by Crippen LogP contribution is -2.15. The zero-order valence-corrected chi connectivity index (χ0v) is 20.7. The fourth-order valence-electron chi connectivity index (χ4n) is 4.53. The van der Waals surface area contributed by atoms with Gasteiger partial charge in [0.25, 0.3) is 0 Å². The van der Waals surface area contributed by atoms with Crippen molar-refractivity contribution in [1.29, 1.82) is 0 Å². The fraction of sp³-hybridized carbons (Fsp3) is 0.118. The molecule has 0 aromatic heterocycles. The Morgan fingerprint density at radius 3 is 2.33 bits per heavy atom. The second-order valence-electron chi connectivity index (χ2n) is 8.84. The molecule has 4 rings (SSSR count). The Bertz CT molecular complexity index is 1440. The predicted molar refractivity (Wildman–Crippen MR) is 151 cm³/mol. The van der Waals surface area contributed by atoms with Crippen molar-refractivity contribution in [2.75, 3.05) is 0 Å². The second-order valence-corrected chi connectivity index (χ2v) is 8.84. The number of ketones is 1. The summed E-state index contributed by atoms with van der Waals surface area (Å²) < 4.78 is 0. The van der Waals surface area contributed by atoms with E-state index >= 15 is 0 Å². The van der Waals surface area contributed by atoms with E-state index in [1.54, 1.807) is 0 Å². The van der Waals surface area contributed by atoms with Crippen LogP contribution < -0.4 is 0 Å². The van der Waals surface area contributed by atoms with Crippen LogP contribution in [0.15, 0.2) is 132 Å². The highest BCUT2D eigenvalue weighted by atomic mass is 16.1. The monoisotopic (exact) mass is 470 g/mol. The molecule has 0 N–H and O–H groups in total. The maximum atomic E-state index is 14.0. The smallest absolute Gasteiger partial charge is 0.196 e. The number of aryl methyl sites for hydroxylation is 1. The number of aldehydes is 1. The van der Waals surface area contributed by atoms with E-state index in [1.165, 1.54) is 0 Å². The van der Waals surface area contributed by atoms with Gasteiger partial charge < -0.3 is 0 Å². The summed E-state index contributed by atoms with van der Waals surface area (Å²) in [5, 5.41) is 2.05. The highest BCUT2D eigenvalue weighted by molar-refractivity contribution is 6.22. The zero-order chi connectivity index (χ0) is 25.3. The normalized spacial score (nSPS) is 16.6. The third-order valence-corrected chi connectivity index (χ3v) is 6.38. The highest BCUT2D eigenvalue weighted by Gasteiger charge is 2.25. The Morgan fingerprint density at radius 1 is 0.944 bits per heavy atom. The van der Waals surface area contributed by atoms with Crippen LogP contribution in [0.3, 0.4) is 0 Å². The average molecular weight is 471 g/mol. The molecule has 0 radical (unpaired) electrons. The third kappa shape index (κ3) is 5.67. The van der Waals surface area contributed by atoms with Crippen LogP contribution in [-0.4, -0.2) is 12.1 Å². The fourth-order valence-corrected chi connectivity index (χ4v) is 4.53. The van der Waals surface area contributed by atoms with Gasteiger partial charge in [-0.15, -0.1) is 0 Å². The van der Waals surface area contributed by atoms with Gasteiger partial charge in [0, 0.05) is 11.5 Å². The number of hydrogen-bond donors (Lipinski definition) is 0. The van der Waals surface area contributed by atoms with Crippen LogP contribution in [0.5, 0.6) is 0 Å². The molecule has 0 saturated heterocycles. The van der Waals surface area contributed by atoms with Gasteiger partial charge in [0.05, 0.1) is 5.57 Å². The molecule has 0 bridgehead atoms. The molecule has 2 nitrogen and oxygen atoms in total. The van der Waals surface area contributed by atoms with Gasteiger partial charge in [-0.25, -0.2) is 0 Å². The van der Waals surface area contributed by atoms with Gasteiger partial charge in [-0.1, -0.05) is 115 Å². The summed E-state index contributed by atoms with van der Waals surface area (Å²) in [6, 6.07) is 21.9. The van der Waals surface area contributed by atoms with Crippen molar-refractivity contribution < 1.29 is 9.59 Å². The lowest BCUT2D eigenvalue weighted by atomic mass is 9.81. The molecule has 36 heavy (non-hydrogen) atoms. The highest BCUT2D eigenvalue weighted by Crippen LogP contribution is 2.33. The van der Waals surface area contributed by atoms with E-state index < -0.39 is 0 Å². The van der Waals surface area contributed by atoms with E-state index in [1.807, 2.05) is 123 Å². The van der Waals surface area contributed by atoms with Crippen LogP contribution in [0.2, 0.25) is 0 Å². The minimum atomic E-state index is -0.245. The molecule has 3 aromatic rings. The number of allylic oxidation sites excluding steroid dienone is 11. The van der Waals surface area contributed by atoms with Gasteiger partial charge in [0.1, 0.15) is 0 Å². The third-order valence-electron chi connectivity index (χ3n) is 6.38. The van der Waals surface area contributed by atoms with Gasteiger partial charge in [-0.2, -0.15) is 0 Å². The topological polar surface area (TPSA) is 34.1 Å². The molecule has 0 heterocycles. The first-order valence-corrected chi connectivity index (χ1v) is 12.3. The van der Waals surface area contributed by atoms with E-state index in [-0.39, 0.29) is 17.3 Å². The summed E-state index contributed by atoms with van der Waals surface area (Å²) in [6.45, 7) is 3.88. The summed E-state index contributed by atoms with van der Waals surface area (Å²) in [5.41, 5.74) is 4.25. The van der Waals surface area contributed by atoms with E-state index in [9.17, 15) is 9.59 Å². The minimum Gasteiger partial charge on any atom is -0.298 e. The van der Waals surface area contributed by atoms with Gasteiger partial charge >= 0.3 is 0 Å². The van der Waals surface area contributed by atoms with Crippen LogP contribution in [0.25, 0.3) is 16.8 Å². The van der Waals surface area contributed by atoms with E-state index in [2.05, 4.69) is 12.2 Å². The van der Waals surface area contributed by atoms with Crippen LogP contribution in [0.4, 0.5) is 0 Å². The Hall–Kier alpha value is -4.30. The molecule has 1 unspecified atom stereocenters. The number of Topliss-reactive ketones (excluding diaryl/α,β-unsaturated/α-hetero) is 1. The summed E-state index contributed by atoms with van der Waals surface area (Å²) in [6.07, 6.45) is 19.5. The molecule has 1 aliphatic carbocycles. The molecule has 0 fully saturated rings. The molecular weight excluding hydrogens is 440 g/mol. The number of fused-ring (bicyclic) bond motifs is 1. The molecule has 3 aromatic carbocycles. The number of benzene rings is 3. The van der Waals surface area contributed by atoms with Crippen LogP contribution in [-0.2, 0) is 4.79 Å². The largest absolute Gasteiger partial charge is 0.298 e. The van der Waals surface area contributed by atoms with Crippen LogP contribution in [0, 0.1) is 12.8 Å². The zero-order valence-electron chi connectivity index (χ0n) is 20.7. The first-order chi connectivity index (χ1) is 17.6. The first-order valence-electron chi connectivity index (χ1n) is 12.3. The van der Waals surface area contributed by atoms with Gasteiger partial charge in [0.15, 0.2) is 12.1 Å². The van der Waals surface area contributed by atoms with Gasteiger partial charge in [-0.3, -0.25) is 9.59 Å². The van der Waals surface area contributed by atoms with Crippen molar-refractivity contribution in [1.82, 2.24) is 0 Å². The molecule has 0 spiro atoms. The summed E-state index contributed by atoms with van der Waals surface area (Å²) in [5.74, 6) is -0.331. The van der Waals surface area contributed by atoms with Crippen molar-refractivity contribution in [3.05, 3.63) is 149 Å². The Balaban J connectivity index is 1.90. The van der Waals surface area contributed by atoms with Crippen LogP contribution >= 0.6 is 0 Å². The molecule has 2 heteroatoms. The Morgan fingerprint density at radius 2 is 1.67 bits per heavy atom. The molecule has 1 atom stereocenters. The van der Waals surface area contributed by atoms with Crippen molar-refractivity contribution in [3.63, 3.8) is 0 Å². The van der Waals surface area contributed by atoms with Crippen LogP contribution in [0.1, 0.15) is 34.8 Å². The summed E-state index contributed by atoms with van der Waals surface area (Å²) in [7, 11) is 0. The second kappa shape index (κ2) is 11.9. The molecule has 0 aliphatic heterocycles.